The molecule has 0 atom stereocenters. The van der Waals surface area contributed by atoms with Crippen molar-refractivity contribution in [1.29, 1.82) is 0 Å². The summed E-state index contributed by atoms with van der Waals surface area (Å²) in [7, 11) is 3.31. The number of rotatable bonds is 5. The lowest BCUT2D eigenvalue weighted by atomic mass is 10.2. The second-order valence-electron chi connectivity index (χ2n) is 5.47. The normalized spacial score (nSPS) is 11.0. The molecule has 1 aromatic carbocycles. The second-order valence-corrected chi connectivity index (χ2v) is 6.22. The number of halogens is 1. The van der Waals surface area contributed by atoms with Crippen LogP contribution >= 0.6 is 15.9 Å². The molecular weight excluding hydrogens is 390 g/mol. The fourth-order valence-electron chi connectivity index (χ4n) is 2.51. The summed E-state index contributed by atoms with van der Waals surface area (Å²) in [6.07, 6.45) is 1.35. The Morgan fingerprint density at radius 1 is 1.40 bits per heavy atom. The first-order valence-electron chi connectivity index (χ1n) is 7.45. The summed E-state index contributed by atoms with van der Waals surface area (Å²) >= 11 is 3.25. The SMILES string of the molecule is COCc1cccc(NC(=O)Cn2cnc3c(c(Br)nn3C)c2=O)c1. The number of carbonyl (C=O) groups is 1. The number of carbonyl (C=O) groups excluding carboxylic acids is 1. The Kier molecular flexibility index (Phi) is 4.95. The van der Waals surface area contributed by atoms with Gasteiger partial charge >= 0.3 is 0 Å². The highest BCUT2D eigenvalue weighted by molar-refractivity contribution is 9.10. The quantitative estimate of drug-likeness (QED) is 0.696. The molecule has 0 aliphatic rings. The third kappa shape index (κ3) is 3.62. The van der Waals surface area contributed by atoms with Gasteiger partial charge in [-0.3, -0.25) is 14.2 Å². The lowest BCUT2D eigenvalue weighted by molar-refractivity contribution is -0.116. The molecule has 3 rings (SSSR count). The number of anilines is 1. The minimum absolute atomic E-state index is 0.141. The highest BCUT2D eigenvalue weighted by Crippen LogP contribution is 2.16. The first-order chi connectivity index (χ1) is 12.0. The lowest BCUT2D eigenvalue weighted by Gasteiger charge is -2.08. The molecule has 0 aliphatic carbocycles. The minimum atomic E-state index is -0.326. The number of aryl methyl sites for hydroxylation is 1. The van der Waals surface area contributed by atoms with Gasteiger partial charge in [0.2, 0.25) is 5.91 Å². The van der Waals surface area contributed by atoms with Gasteiger partial charge in [0.05, 0.1) is 6.61 Å². The molecule has 130 valence electrons. The van der Waals surface area contributed by atoms with E-state index in [2.05, 4.69) is 31.3 Å². The molecule has 1 N–H and O–H groups in total. The molecular formula is C16H16BrN5O3. The third-order valence-electron chi connectivity index (χ3n) is 3.60. The molecule has 0 spiro atoms. The fraction of sp³-hybridized carbons (Fsp3) is 0.250. The van der Waals surface area contributed by atoms with Crippen molar-refractivity contribution >= 4 is 38.6 Å². The van der Waals surface area contributed by atoms with Crippen LogP contribution in [0.15, 0.2) is 40.0 Å². The van der Waals surface area contributed by atoms with Gasteiger partial charge in [0.25, 0.3) is 5.56 Å². The van der Waals surface area contributed by atoms with Crippen LogP contribution in [0.4, 0.5) is 5.69 Å². The van der Waals surface area contributed by atoms with E-state index in [1.54, 1.807) is 20.2 Å². The van der Waals surface area contributed by atoms with E-state index in [0.29, 0.717) is 27.9 Å². The third-order valence-corrected chi connectivity index (χ3v) is 4.16. The van der Waals surface area contributed by atoms with Gasteiger partial charge in [0.1, 0.15) is 22.9 Å². The standard InChI is InChI=1S/C16H16BrN5O3/c1-21-15-13(14(17)20-21)16(24)22(9-18-15)7-12(23)19-11-5-3-4-10(6-11)8-25-2/h3-6,9H,7-8H2,1-2H3,(H,19,23). The Labute approximate surface area is 151 Å². The molecule has 3 aromatic rings. The molecule has 2 heterocycles. The predicted molar refractivity (Wildman–Crippen MR) is 96.3 cm³/mol. The molecule has 2 aromatic heterocycles. The number of amides is 1. The molecule has 25 heavy (non-hydrogen) atoms. The summed E-state index contributed by atoms with van der Waals surface area (Å²) in [5.41, 5.74) is 1.72. The first kappa shape index (κ1) is 17.3. The van der Waals surface area contributed by atoms with E-state index < -0.39 is 0 Å². The number of fused-ring (bicyclic) bond motifs is 1. The van der Waals surface area contributed by atoms with Gasteiger partial charge in [-0.2, -0.15) is 5.10 Å². The predicted octanol–water partition coefficient (Wildman–Crippen LogP) is 1.68. The zero-order valence-corrected chi connectivity index (χ0v) is 15.3. The van der Waals surface area contributed by atoms with Crippen LogP contribution < -0.4 is 10.9 Å². The van der Waals surface area contributed by atoms with E-state index >= 15 is 0 Å². The van der Waals surface area contributed by atoms with Crippen molar-refractivity contribution in [1.82, 2.24) is 19.3 Å². The molecule has 0 aliphatic heterocycles. The Morgan fingerprint density at radius 3 is 2.96 bits per heavy atom. The highest BCUT2D eigenvalue weighted by atomic mass is 79.9. The lowest BCUT2D eigenvalue weighted by Crippen LogP contribution is -2.28. The summed E-state index contributed by atoms with van der Waals surface area (Å²) in [5.74, 6) is -0.321. The first-order valence-corrected chi connectivity index (χ1v) is 8.24. The molecule has 0 saturated heterocycles. The van der Waals surface area contributed by atoms with Crippen LogP contribution in [0.5, 0.6) is 0 Å². The smallest absolute Gasteiger partial charge is 0.266 e. The molecule has 0 bridgehead atoms. The number of benzene rings is 1. The van der Waals surface area contributed by atoms with Crippen LogP contribution in [-0.2, 0) is 29.7 Å². The summed E-state index contributed by atoms with van der Waals surface area (Å²) in [5, 5.41) is 7.23. The van der Waals surface area contributed by atoms with Gasteiger partial charge in [0, 0.05) is 19.8 Å². The largest absolute Gasteiger partial charge is 0.380 e. The van der Waals surface area contributed by atoms with Crippen molar-refractivity contribution in [2.45, 2.75) is 13.2 Å². The molecule has 1 amide bonds. The van der Waals surface area contributed by atoms with E-state index in [-0.39, 0.29) is 18.0 Å². The monoisotopic (exact) mass is 405 g/mol. The van der Waals surface area contributed by atoms with Crippen molar-refractivity contribution in [3.05, 3.63) is 51.1 Å². The van der Waals surface area contributed by atoms with Gasteiger partial charge in [0.15, 0.2) is 5.65 Å². The van der Waals surface area contributed by atoms with Crippen LogP contribution in [0.25, 0.3) is 11.0 Å². The molecule has 9 heteroatoms. The average molecular weight is 406 g/mol. The van der Waals surface area contributed by atoms with Crippen LogP contribution in [0.1, 0.15) is 5.56 Å². The van der Waals surface area contributed by atoms with Gasteiger partial charge in [-0.15, -0.1) is 0 Å². The zero-order valence-electron chi connectivity index (χ0n) is 13.7. The number of methoxy groups -OCH3 is 1. The minimum Gasteiger partial charge on any atom is -0.380 e. The van der Waals surface area contributed by atoms with Gasteiger partial charge in [-0.1, -0.05) is 12.1 Å². The van der Waals surface area contributed by atoms with Crippen LogP contribution in [-0.4, -0.2) is 32.3 Å². The number of aromatic nitrogens is 4. The zero-order chi connectivity index (χ0) is 18.0. The van der Waals surface area contributed by atoms with Crippen molar-refractivity contribution in [3.63, 3.8) is 0 Å². The van der Waals surface area contributed by atoms with E-state index in [1.165, 1.54) is 15.6 Å². The van der Waals surface area contributed by atoms with Gasteiger partial charge < -0.3 is 10.1 Å². The number of hydrogen-bond donors (Lipinski definition) is 1. The number of nitrogens with zero attached hydrogens (tertiary/aromatic N) is 4. The van der Waals surface area contributed by atoms with Crippen LogP contribution in [0.2, 0.25) is 0 Å². The molecule has 0 radical (unpaired) electrons. The maximum Gasteiger partial charge on any atom is 0.266 e. The maximum absolute atomic E-state index is 12.5. The highest BCUT2D eigenvalue weighted by Gasteiger charge is 2.15. The molecule has 8 nitrogen and oxygen atoms in total. The van der Waals surface area contributed by atoms with E-state index in [4.69, 9.17) is 4.74 Å². The molecule has 0 fully saturated rings. The van der Waals surface area contributed by atoms with Gasteiger partial charge in [-0.25, -0.2) is 9.67 Å². The fourth-order valence-corrected chi connectivity index (χ4v) is 3.09. The van der Waals surface area contributed by atoms with E-state index in [1.807, 2.05) is 18.2 Å². The molecule has 0 unspecified atom stereocenters. The van der Waals surface area contributed by atoms with Crippen LogP contribution in [0.3, 0.4) is 0 Å². The van der Waals surface area contributed by atoms with Crippen molar-refractivity contribution in [2.75, 3.05) is 12.4 Å². The van der Waals surface area contributed by atoms with Crippen LogP contribution in [0, 0.1) is 0 Å². The second kappa shape index (κ2) is 7.16. The Morgan fingerprint density at radius 2 is 2.20 bits per heavy atom. The Bertz CT molecular complexity index is 995. The Balaban J connectivity index is 1.80. The van der Waals surface area contributed by atoms with E-state index in [9.17, 15) is 9.59 Å². The van der Waals surface area contributed by atoms with Crippen molar-refractivity contribution in [2.24, 2.45) is 7.05 Å². The molecule has 0 saturated carbocycles. The van der Waals surface area contributed by atoms with E-state index in [0.717, 1.165) is 5.56 Å². The summed E-state index contributed by atoms with van der Waals surface area (Å²) in [4.78, 5) is 29.0. The number of ether oxygens (including phenoxy) is 1. The number of nitrogens with one attached hydrogen (secondary N) is 1. The maximum atomic E-state index is 12.5. The van der Waals surface area contributed by atoms with Crippen molar-refractivity contribution < 1.29 is 9.53 Å². The topological polar surface area (TPSA) is 91.0 Å². The summed E-state index contributed by atoms with van der Waals surface area (Å²) < 4.78 is 8.24. The van der Waals surface area contributed by atoms with Crippen molar-refractivity contribution in [3.8, 4) is 0 Å². The Hall–Kier alpha value is -2.52. The van der Waals surface area contributed by atoms with Gasteiger partial charge in [-0.05, 0) is 33.6 Å². The average Bonchev–Trinajstić information content (AvgIpc) is 2.85. The number of hydrogen-bond acceptors (Lipinski definition) is 5. The summed E-state index contributed by atoms with van der Waals surface area (Å²) in [6.45, 7) is 0.316. The summed E-state index contributed by atoms with van der Waals surface area (Å²) in [6, 6.07) is 7.33.